The number of ether oxygens (including phenoxy) is 1. The Hall–Kier alpha value is -0.550. The van der Waals surface area contributed by atoms with E-state index in [1.807, 2.05) is 0 Å². The van der Waals surface area contributed by atoms with Crippen LogP contribution in [0.5, 0.6) is 0 Å². The highest BCUT2D eigenvalue weighted by Crippen LogP contribution is 2.49. The molecule has 2 nitrogen and oxygen atoms in total. The van der Waals surface area contributed by atoms with E-state index in [0.717, 1.165) is 19.4 Å². The summed E-state index contributed by atoms with van der Waals surface area (Å²) in [7, 11) is 0. The van der Waals surface area contributed by atoms with Crippen molar-refractivity contribution in [2.24, 2.45) is 5.92 Å². The van der Waals surface area contributed by atoms with Crippen molar-refractivity contribution in [3.63, 3.8) is 0 Å². The van der Waals surface area contributed by atoms with Gasteiger partial charge in [0.25, 0.3) is 0 Å². The summed E-state index contributed by atoms with van der Waals surface area (Å²) in [6.07, 6.45) is 1.98. The molecule has 42 valence electrons. The Bertz CT molecular complexity index is 146. The molecule has 0 aromatic rings. The van der Waals surface area contributed by atoms with Crippen molar-refractivity contribution in [2.75, 3.05) is 6.61 Å². The normalized spacial score (nSPS) is 50.1. The average Bonchev–Trinajstić information content (AvgIpc) is 2.38. The Balaban J connectivity index is 1.94. The predicted octanol–water partition coefficient (Wildman–Crippen LogP) is 0.689. The van der Waals surface area contributed by atoms with E-state index in [1.54, 1.807) is 0 Å². The summed E-state index contributed by atoms with van der Waals surface area (Å²) >= 11 is 0. The number of nitrogens with zero attached hydrogens (tertiary/aromatic N) is 1. The summed E-state index contributed by atoms with van der Waals surface area (Å²) in [5, 5.41) is 8.34. The molecule has 1 saturated heterocycles. The molecular weight excluding hydrogens is 102 g/mol. The van der Waals surface area contributed by atoms with E-state index < -0.39 is 0 Å². The Labute approximate surface area is 48.1 Å². The molecule has 2 heteroatoms. The molecule has 1 saturated carbocycles. The van der Waals surface area contributed by atoms with Crippen molar-refractivity contribution < 1.29 is 4.74 Å². The minimum absolute atomic E-state index is 0.223. The molecule has 1 aliphatic carbocycles. The Morgan fingerprint density at radius 1 is 1.62 bits per heavy atom. The quantitative estimate of drug-likeness (QED) is 0.429. The molecular formula is C6H7NO. The highest BCUT2D eigenvalue weighted by atomic mass is 16.6. The van der Waals surface area contributed by atoms with Gasteiger partial charge in [0.15, 0.2) is 0 Å². The second kappa shape index (κ2) is 1.06. The van der Waals surface area contributed by atoms with E-state index in [1.165, 1.54) is 0 Å². The minimum atomic E-state index is 0.223. The molecule has 1 aliphatic heterocycles. The van der Waals surface area contributed by atoms with E-state index in [0.29, 0.717) is 5.92 Å². The van der Waals surface area contributed by atoms with Crippen molar-refractivity contribution in [1.29, 1.82) is 5.26 Å². The van der Waals surface area contributed by atoms with Crippen molar-refractivity contribution in [1.82, 2.24) is 0 Å². The molecule has 1 heterocycles. The third-order valence-corrected chi connectivity index (χ3v) is 1.97. The number of rotatable bonds is 0. The second-order valence-corrected chi connectivity index (χ2v) is 2.71. The Kier molecular flexibility index (Phi) is 0.575. The molecule has 0 radical (unpaired) electrons. The van der Waals surface area contributed by atoms with Gasteiger partial charge in [0, 0.05) is 0 Å². The lowest BCUT2D eigenvalue weighted by Gasteiger charge is -2.26. The number of epoxide rings is 1. The van der Waals surface area contributed by atoms with Gasteiger partial charge in [-0.3, -0.25) is 0 Å². The van der Waals surface area contributed by atoms with Gasteiger partial charge >= 0.3 is 0 Å². The smallest absolute Gasteiger partial charge is 0.0941 e. The number of hydrogen-bond donors (Lipinski definition) is 0. The fraction of sp³-hybridized carbons (Fsp3) is 0.833. The van der Waals surface area contributed by atoms with Crippen molar-refractivity contribution in [3.05, 3.63) is 0 Å². The molecule has 0 aromatic carbocycles. The van der Waals surface area contributed by atoms with Crippen LogP contribution in [0.25, 0.3) is 0 Å². The molecule has 1 spiro atoms. The lowest BCUT2D eigenvalue weighted by Crippen LogP contribution is -2.30. The van der Waals surface area contributed by atoms with E-state index in [2.05, 4.69) is 6.07 Å². The number of hydrogen-bond acceptors (Lipinski definition) is 2. The van der Waals surface area contributed by atoms with Gasteiger partial charge in [-0.2, -0.15) is 5.26 Å². The monoisotopic (exact) mass is 109 g/mol. The van der Waals surface area contributed by atoms with Crippen LogP contribution in [0.15, 0.2) is 0 Å². The third-order valence-electron chi connectivity index (χ3n) is 1.97. The standard InChI is InChI=1S/C6H7NO/c7-3-5-1-6(2-5)4-8-6/h5H,1-2,4H2. The van der Waals surface area contributed by atoms with Crippen LogP contribution in [0.4, 0.5) is 0 Å². The fourth-order valence-electron chi connectivity index (χ4n) is 1.27. The summed E-state index contributed by atoms with van der Waals surface area (Å²) in [5.41, 5.74) is 0.223. The summed E-state index contributed by atoms with van der Waals surface area (Å²) < 4.78 is 5.11. The molecule has 0 N–H and O–H groups in total. The van der Waals surface area contributed by atoms with Gasteiger partial charge in [0.1, 0.15) is 0 Å². The molecule has 8 heavy (non-hydrogen) atoms. The van der Waals surface area contributed by atoms with Crippen LogP contribution in [-0.4, -0.2) is 12.2 Å². The summed E-state index contributed by atoms with van der Waals surface area (Å²) in [6.45, 7) is 0.908. The van der Waals surface area contributed by atoms with Crippen molar-refractivity contribution in [2.45, 2.75) is 18.4 Å². The molecule has 0 atom stereocenters. The van der Waals surface area contributed by atoms with Crippen LogP contribution < -0.4 is 0 Å². The Morgan fingerprint density at radius 2 is 2.25 bits per heavy atom. The van der Waals surface area contributed by atoms with E-state index in [-0.39, 0.29) is 5.60 Å². The SMILES string of the molecule is N#CC1CC2(CO2)C1. The summed E-state index contributed by atoms with van der Waals surface area (Å²) in [6, 6.07) is 2.22. The van der Waals surface area contributed by atoms with Gasteiger partial charge < -0.3 is 4.74 Å². The van der Waals surface area contributed by atoms with Crippen LogP contribution >= 0.6 is 0 Å². The second-order valence-electron chi connectivity index (χ2n) is 2.71. The zero-order chi connectivity index (χ0) is 5.61. The molecule has 0 bridgehead atoms. The lowest BCUT2D eigenvalue weighted by atomic mass is 9.76. The first-order valence-corrected chi connectivity index (χ1v) is 2.88. The molecule has 0 amide bonds. The van der Waals surface area contributed by atoms with Gasteiger partial charge in [-0.25, -0.2) is 0 Å². The maximum absolute atomic E-state index is 8.34. The molecule has 2 rings (SSSR count). The van der Waals surface area contributed by atoms with Gasteiger partial charge in [-0.1, -0.05) is 0 Å². The van der Waals surface area contributed by atoms with E-state index >= 15 is 0 Å². The predicted molar refractivity (Wildman–Crippen MR) is 27.0 cm³/mol. The van der Waals surface area contributed by atoms with Gasteiger partial charge in [-0.15, -0.1) is 0 Å². The summed E-state index contributed by atoms with van der Waals surface area (Å²) in [5.74, 6) is 0.303. The van der Waals surface area contributed by atoms with Crippen molar-refractivity contribution >= 4 is 0 Å². The van der Waals surface area contributed by atoms with E-state index in [9.17, 15) is 0 Å². The molecule has 2 aliphatic rings. The average molecular weight is 109 g/mol. The summed E-state index contributed by atoms with van der Waals surface area (Å²) in [4.78, 5) is 0. The highest BCUT2D eigenvalue weighted by molar-refractivity contribution is 5.10. The van der Waals surface area contributed by atoms with Crippen LogP contribution in [0.2, 0.25) is 0 Å². The zero-order valence-electron chi connectivity index (χ0n) is 4.55. The largest absolute Gasteiger partial charge is 0.370 e. The fourth-order valence-corrected chi connectivity index (χ4v) is 1.27. The number of nitriles is 1. The zero-order valence-corrected chi connectivity index (χ0v) is 4.55. The van der Waals surface area contributed by atoms with Crippen LogP contribution in [-0.2, 0) is 4.74 Å². The topological polar surface area (TPSA) is 36.3 Å². The van der Waals surface area contributed by atoms with Crippen LogP contribution in [0.1, 0.15) is 12.8 Å². The van der Waals surface area contributed by atoms with Crippen LogP contribution in [0, 0.1) is 17.2 Å². The Morgan fingerprint density at radius 3 is 2.62 bits per heavy atom. The van der Waals surface area contributed by atoms with Gasteiger partial charge in [0.2, 0.25) is 0 Å². The maximum atomic E-state index is 8.34. The first-order chi connectivity index (χ1) is 3.85. The first kappa shape index (κ1) is 4.34. The minimum Gasteiger partial charge on any atom is -0.370 e. The first-order valence-electron chi connectivity index (χ1n) is 2.88. The van der Waals surface area contributed by atoms with Crippen LogP contribution in [0.3, 0.4) is 0 Å². The third kappa shape index (κ3) is 0.399. The van der Waals surface area contributed by atoms with Gasteiger partial charge in [-0.05, 0) is 12.8 Å². The van der Waals surface area contributed by atoms with Gasteiger partial charge in [0.05, 0.1) is 24.2 Å². The molecule has 2 fully saturated rings. The highest BCUT2D eigenvalue weighted by Gasteiger charge is 2.55. The molecule has 0 unspecified atom stereocenters. The van der Waals surface area contributed by atoms with E-state index in [4.69, 9.17) is 10.00 Å². The maximum Gasteiger partial charge on any atom is 0.0941 e. The van der Waals surface area contributed by atoms with Crippen molar-refractivity contribution in [3.8, 4) is 6.07 Å². The molecule has 0 aromatic heterocycles. The lowest BCUT2D eigenvalue weighted by molar-refractivity contribution is 0.159.